The number of benzene rings is 1. The maximum absolute atomic E-state index is 12.8. The van der Waals surface area contributed by atoms with E-state index in [0.29, 0.717) is 5.82 Å². The average molecular weight is 245 g/mol. The van der Waals surface area contributed by atoms with Gasteiger partial charge < -0.3 is 5.73 Å². The normalized spacial score (nSPS) is 12.1. The first-order chi connectivity index (χ1) is 8.58. The van der Waals surface area contributed by atoms with Gasteiger partial charge in [0, 0.05) is 12.1 Å². The van der Waals surface area contributed by atoms with Crippen molar-refractivity contribution < 1.29 is 9.18 Å². The Balaban J connectivity index is 2.33. The smallest absolute Gasteiger partial charge is 0.267 e. The molecule has 0 spiro atoms. The molecule has 0 unspecified atom stereocenters. The van der Waals surface area contributed by atoms with E-state index in [2.05, 4.69) is 9.97 Å². The molecule has 0 fully saturated rings. The van der Waals surface area contributed by atoms with Crippen LogP contribution in [0.25, 0.3) is 0 Å². The van der Waals surface area contributed by atoms with Gasteiger partial charge in [0.2, 0.25) is 0 Å². The number of carbonyl (C=O) groups is 1. The van der Waals surface area contributed by atoms with E-state index >= 15 is 0 Å². The molecule has 0 aliphatic carbocycles. The molecule has 92 valence electrons. The number of halogens is 1. The summed E-state index contributed by atoms with van der Waals surface area (Å²) in [6.45, 7) is 1.88. The largest absolute Gasteiger partial charge is 0.364 e. The highest BCUT2D eigenvalue weighted by Crippen LogP contribution is 2.21. The highest BCUT2D eigenvalue weighted by atomic mass is 19.1. The van der Waals surface area contributed by atoms with E-state index in [1.54, 1.807) is 12.1 Å². The molecular formula is C13H12FN3O. The number of rotatable bonds is 3. The van der Waals surface area contributed by atoms with Gasteiger partial charge in [-0.05, 0) is 23.8 Å². The second-order valence-electron chi connectivity index (χ2n) is 3.94. The number of hydrogen-bond donors (Lipinski definition) is 1. The van der Waals surface area contributed by atoms with E-state index in [1.807, 2.05) is 6.92 Å². The van der Waals surface area contributed by atoms with Crippen LogP contribution in [0.3, 0.4) is 0 Å². The molecule has 18 heavy (non-hydrogen) atoms. The third kappa shape index (κ3) is 2.51. The summed E-state index contributed by atoms with van der Waals surface area (Å²) in [5, 5.41) is 0. The zero-order valence-corrected chi connectivity index (χ0v) is 9.80. The van der Waals surface area contributed by atoms with Gasteiger partial charge in [0.05, 0.1) is 0 Å². The molecule has 1 amide bonds. The number of amides is 1. The fraction of sp³-hybridized carbons (Fsp3) is 0.154. The van der Waals surface area contributed by atoms with Gasteiger partial charge in [-0.1, -0.05) is 19.1 Å². The first-order valence-electron chi connectivity index (χ1n) is 5.46. The molecule has 4 nitrogen and oxygen atoms in total. The minimum Gasteiger partial charge on any atom is -0.364 e. The Kier molecular flexibility index (Phi) is 3.32. The Morgan fingerprint density at radius 1 is 1.28 bits per heavy atom. The van der Waals surface area contributed by atoms with Gasteiger partial charge in [-0.25, -0.2) is 14.4 Å². The predicted molar refractivity (Wildman–Crippen MR) is 64.5 cm³/mol. The van der Waals surface area contributed by atoms with E-state index in [0.717, 1.165) is 5.56 Å². The Hall–Kier alpha value is -2.30. The van der Waals surface area contributed by atoms with Gasteiger partial charge in [0.15, 0.2) is 0 Å². The van der Waals surface area contributed by atoms with Crippen LogP contribution in [-0.4, -0.2) is 15.9 Å². The molecule has 2 rings (SSSR count). The second-order valence-corrected chi connectivity index (χ2v) is 3.94. The predicted octanol–water partition coefficient (Wildman–Crippen LogP) is 1.87. The van der Waals surface area contributed by atoms with E-state index in [4.69, 9.17) is 5.73 Å². The third-order valence-electron chi connectivity index (χ3n) is 2.68. The van der Waals surface area contributed by atoms with Crippen molar-refractivity contribution in [1.82, 2.24) is 9.97 Å². The van der Waals surface area contributed by atoms with Crippen LogP contribution in [-0.2, 0) is 0 Å². The van der Waals surface area contributed by atoms with Crippen LogP contribution >= 0.6 is 0 Å². The molecule has 0 bridgehead atoms. The summed E-state index contributed by atoms with van der Waals surface area (Å²) in [6.07, 6.45) is 1.49. The van der Waals surface area contributed by atoms with E-state index in [1.165, 1.54) is 24.4 Å². The number of hydrogen-bond acceptors (Lipinski definition) is 3. The number of nitrogens with two attached hydrogens (primary N) is 1. The van der Waals surface area contributed by atoms with Crippen molar-refractivity contribution in [2.45, 2.75) is 12.8 Å². The van der Waals surface area contributed by atoms with Gasteiger partial charge in [-0.3, -0.25) is 4.79 Å². The van der Waals surface area contributed by atoms with Crippen LogP contribution in [0.1, 0.15) is 34.7 Å². The zero-order chi connectivity index (χ0) is 13.1. The van der Waals surface area contributed by atoms with Crippen molar-refractivity contribution in [3.63, 3.8) is 0 Å². The van der Waals surface area contributed by atoms with E-state index < -0.39 is 5.91 Å². The molecule has 1 aromatic carbocycles. The maximum Gasteiger partial charge on any atom is 0.267 e. The van der Waals surface area contributed by atoms with Crippen LogP contribution in [0, 0.1) is 5.82 Å². The quantitative estimate of drug-likeness (QED) is 0.897. The summed E-state index contributed by atoms with van der Waals surface area (Å²) < 4.78 is 12.8. The van der Waals surface area contributed by atoms with Gasteiger partial charge in [-0.2, -0.15) is 0 Å². The van der Waals surface area contributed by atoms with Crippen LogP contribution in [0.2, 0.25) is 0 Å². The van der Waals surface area contributed by atoms with E-state index in [9.17, 15) is 9.18 Å². The molecule has 2 N–H and O–H groups in total. The van der Waals surface area contributed by atoms with Crippen LogP contribution < -0.4 is 5.73 Å². The summed E-state index contributed by atoms with van der Waals surface area (Å²) in [7, 11) is 0. The highest BCUT2D eigenvalue weighted by molar-refractivity contribution is 5.90. The summed E-state index contributed by atoms with van der Waals surface area (Å²) in [6, 6.07) is 7.55. The topological polar surface area (TPSA) is 68.9 Å². The Bertz CT molecular complexity index is 569. The number of nitrogens with zero attached hydrogens (tertiary/aromatic N) is 2. The fourth-order valence-corrected chi connectivity index (χ4v) is 1.62. The summed E-state index contributed by atoms with van der Waals surface area (Å²) in [5.41, 5.74) is 6.21. The maximum atomic E-state index is 12.8. The van der Waals surface area contributed by atoms with Crippen LogP contribution in [0.4, 0.5) is 4.39 Å². The first kappa shape index (κ1) is 12.2. The number of primary amides is 1. The zero-order valence-electron chi connectivity index (χ0n) is 9.80. The van der Waals surface area contributed by atoms with Gasteiger partial charge in [0.25, 0.3) is 5.91 Å². The number of carbonyl (C=O) groups excluding carboxylic acids is 1. The monoisotopic (exact) mass is 245 g/mol. The van der Waals surface area contributed by atoms with Gasteiger partial charge >= 0.3 is 0 Å². The average Bonchev–Trinajstić information content (AvgIpc) is 2.39. The van der Waals surface area contributed by atoms with Crippen molar-refractivity contribution in [3.8, 4) is 0 Å². The van der Waals surface area contributed by atoms with Gasteiger partial charge in [0.1, 0.15) is 17.3 Å². The van der Waals surface area contributed by atoms with Crippen molar-refractivity contribution in [3.05, 3.63) is 59.4 Å². The minimum absolute atomic E-state index is 0.134. The van der Waals surface area contributed by atoms with Crippen molar-refractivity contribution in [2.75, 3.05) is 0 Å². The van der Waals surface area contributed by atoms with E-state index in [-0.39, 0.29) is 17.4 Å². The minimum atomic E-state index is -0.593. The molecule has 0 saturated heterocycles. The van der Waals surface area contributed by atoms with Crippen molar-refractivity contribution in [1.29, 1.82) is 0 Å². The lowest BCUT2D eigenvalue weighted by molar-refractivity contribution is 0.0995. The van der Waals surface area contributed by atoms with Gasteiger partial charge in [-0.15, -0.1) is 0 Å². The molecule has 2 aromatic rings. The van der Waals surface area contributed by atoms with Crippen LogP contribution in [0.15, 0.2) is 36.5 Å². The Labute approximate surface area is 104 Å². The second kappa shape index (κ2) is 4.91. The molecular weight excluding hydrogens is 233 g/mol. The molecule has 1 aromatic heterocycles. The molecule has 0 aliphatic heterocycles. The van der Waals surface area contributed by atoms with Crippen molar-refractivity contribution >= 4 is 5.91 Å². The lowest BCUT2D eigenvalue weighted by Crippen LogP contribution is -2.15. The Morgan fingerprint density at radius 3 is 2.56 bits per heavy atom. The standard InChI is InChI=1S/C13H12FN3O/c1-8(9-2-4-10(14)5-3-9)13-16-7-6-11(17-13)12(15)18/h2-8H,1H3,(H2,15,18)/t8-/m0/s1. The lowest BCUT2D eigenvalue weighted by Gasteiger charge is -2.10. The summed E-state index contributed by atoms with van der Waals surface area (Å²) in [4.78, 5) is 19.2. The molecule has 1 atom stereocenters. The molecule has 0 saturated carbocycles. The molecule has 0 radical (unpaired) electrons. The molecule has 1 heterocycles. The summed E-state index contributed by atoms with van der Waals surface area (Å²) in [5.74, 6) is -0.537. The third-order valence-corrected chi connectivity index (χ3v) is 2.68. The van der Waals surface area contributed by atoms with Crippen molar-refractivity contribution in [2.24, 2.45) is 5.73 Å². The molecule has 5 heteroatoms. The highest BCUT2D eigenvalue weighted by Gasteiger charge is 2.13. The SMILES string of the molecule is C[C@@H](c1ccc(F)cc1)c1nccc(C(N)=O)n1. The Morgan fingerprint density at radius 2 is 1.94 bits per heavy atom. The lowest BCUT2D eigenvalue weighted by atomic mass is 10.0. The van der Waals surface area contributed by atoms with Crippen LogP contribution in [0.5, 0.6) is 0 Å². The fourth-order valence-electron chi connectivity index (χ4n) is 1.62. The number of aromatic nitrogens is 2. The first-order valence-corrected chi connectivity index (χ1v) is 5.46. The molecule has 0 aliphatic rings. The summed E-state index contributed by atoms with van der Waals surface area (Å²) >= 11 is 0.